The summed E-state index contributed by atoms with van der Waals surface area (Å²) in [5.41, 5.74) is 2.83. The third-order valence-electron chi connectivity index (χ3n) is 3.05. The zero-order valence-electron chi connectivity index (χ0n) is 12.7. The maximum absolute atomic E-state index is 12.4. The maximum atomic E-state index is 12.4. The SMILES string of the molecule is CCOC(=O)Nc1ccccc1C(=O)Nc1c(C)n[nH]c1C. The third-order valence-corrected chi connectivity index (χ3v) is 3.05. The molecule has 22 heavy (non-hydrogen) atoms. The zero-order valence-corrected chi connectivity index (χ0v) is 12.7. The van der Waals surface area contributed by atoms with E-state index in [0.29, 0.717) is 22.6 Å². The summed E-state index contributed by atoms with van der Waals surface area (Å²) in [5, 5.41) is 12.2. The highest BCUT2D eigenvalue weighted by Crippen LogP contribution is 2.20. The van der Waals surface area contributed by atoms with E-state index < -0.39 is 6.09 Å². The van der Waals surface area contributed by atoms with E-state index >= 15 is 0 Å². The number of anilines is 2. The van der Waals surface area contributed by atoms with Gasteiger partial charge in [0.25, 0.3) is 5.91 Å². The van der Waals surface area contributed by atoms with Gasteiger partial charge in [0.05, 0.1) is 34.9 Å². The van der Waals surface area contributed by atoms with Gasteiger partial charge in [-0.3, -0.25) is 15.2 Å². The average molecular weight is 302 g/mol. The minimum absolute atomic E-state index is 0.258. The summed E-state index contributed by atoms with van der Waals surface area (Å²) in [6.07, 6.45) is -0.599. The van der Waals surface area contributed by atoms with Gasteiger partial charge in [-0.1, -0.05) is 12.1 Å². The number of amides is 2. The Morgan fingerprint density at radius 2 is 1.95 bits per heavy atom. The largest absolute Gasteiger partial charge is 0.450 e. The predicted octanol–water partition coefficient (Wildman–Crippen LogP) is 2.85. The van der Waals surface area contributed by atoms with Crippen molar-refractivity contribution in [1.82, 2.24) is 10.2 Å². The molecule has 2 aromatic rings. The molecule has 1 aromatic heterocycles. The van der Waals surface area contributed by atoms with Crippen molar-refractivity contribution < 1.29 is 14.3 Å². The van der Waals surface area contributed by atoms with E-state index in [0.717, 1.165) is 5.69 Å². The van der Waals surface area contributed by atoms with Crippen molar-refractivity contribution in [2.24, 2.45) is 0 Å². The molecule has 0 atom stereocenters. The van der Waals surface area contributed by atoms with Gasteiger partial charge in [-0.15, -0.1) is 0 Å². The van der Waals surface area contributed by atoms with Crippen molar-refractivity contribution in [3.05, 3.63) is 41.2 Å². The second kappa shape index (κ2) is 6.75. The van der Waals surface area contributed by atoms with Gasteiger partial charge >= 0.3 is 6.09 Å². The molecule has 116 valence electrons. The monoisotopic (exact) mass is 302 g/mol. The van der Waals surface area contributed by atoms with E-state index in [9.17, 15) is 9.59 Å². The quantitative estimate of drug-likeness (QED) is 0.809. The minimum atomic E-state index is -0.599. The van der Waals surface area contributed by atoms with Crippen molar-refractivity contribution >= 4 is 23.4 Å². The Bertz CT molecular complexity index is 674. The minimum Gasteiger partial charge on any atom is -0.450 e. The van der Waals surface area contributed by atoms with E-state index in [1.54, 1.807) is 38.1 Å². The number of aromatic amines is 1. The van der Waals surface area contributed by atoms with Crippen LogP contribution in [0, 0.1) is 13.8 Å². The highest BCUT2D eigenvalue weighted by atomic mass is 16.5. The van der Waals surface area contributed by atoms with E-state index in [2.05, 4.69) is 20.8 Å². The summed E-state index contributed by atoms with van der Waals surface area (Å²) >= 11 is 0. The molecule has 0 saturated heterocycles. The fourth-order valence-electron chi connectivity index (χ4n) is 1.98. The van der Waals surface area contributed by atoms with Crippen LogP contribution in [0.1, 0.15) is 28.7 Å². The highest BCUT2D eigenvalue weighted by Gasteiger charge is 2.16. The molecule has 0 unspecified atom stereocenters. The summed E-state index contributed by atoms with van der Waals surface area (Å²) in [5.74, 6) is -0.333. The van der Waals surface area contributed by atoms with Crippen LogP contribution < -0.4 is 10.6 Å². The van der Waals surface area contributed by atoms with Crippen LogP contribution in [0.4, 0.5) is 16.2 Å². The van der Waals surface area contributed by atoms with Crippen molar-refractivity contribution in [3.63, 3.8) is 0 Å². The molecular weight excluding hydrogens is 284 g/mol. The van der Waals surface area contributed by atoms with Gasteiger partial charge < -0.3 is 10.1 Å². The molecule has 0 aliphatic carbocycles. The molecule has 0 bridgehead atoms. The average Bonchev–Trinajstić information content (AvgIpc) is 2.80. The topological polar surface area (TPSA) is 96.1 Å². The van der Waals surface area contributed by atoms with Gasteiger partial charge in [0.15, 0.2) is 0 Å². The molecule has 0 radical (unpaired) electrons. The number of ether oxygens (including phenoxy) is 1. The summed E-state index contributed by atoms with van der Waals surface area (Å²) in [6.45, 7) is 5.58. The van der Waals surface area contributed by atoms with E-state index in [1.807, 2.05) is 6.92 Å². The summed E-state index contributed by atoms with van der Waals surface area (Å²) in [7, 11) is 0. The number of H-pyrrole nitrogens is 1. The third kappa shape index (κ3) is 3.43. The molecule has 0 fully saturated rings. The molecule has 0 aliphatic heterocycles. The molecule has 0 saturated carbocycles. The van der Waals surface area contributed by atoms with Crippen LogP contribution in [0.3, 0.4) is 0 Å². The van der Waals surface area contributed by atoms with Gasteiger partial charge in [-0.05, 0) is 32.9 Å². The van der Waals surface area contributed by atoms with Crippen molar-refractivity contribution in [2.75, 3.05) is 17.2 Å². The van der Waals surface area contributed by atoms with Gasteiger partial charge in [-0.25, -0.2) is 4.79 Å². The Hall–Kier alpha value is -2.83. The standard InChI is InChI=1S/C15H18N4O3/c1-4-22-15(21)16-12-8-6-5-7-11(12)14(20)17-13-9(2)18-19-10(13)3/h5-8H,4H2,1-3H3,(H,16,21)(H,17,20)(H,18,19). The number of carbonyl (C=O) groups is 2. The van der Waals surface area contributed by atoms with Gasteiger partial charge in [0, 0.05) is 0 Å². The van der Waals surface area contributed by atoms with Crippen molar-refractivity contribution in [1.29, 1.82) is 0 Å². The summed E-state index contributed by atoms with van der Waals surface area (Å²) in [4.78, 5) is 24.0. The van der Waals surface area contributed by atoms with Gasteiger partial charge in [0.1, 0.15) is 0 Å². The molecule has 0 aliphatic rings. The lowest BCUT2D eigenvalue weighted by Gasteiger charge is -2.11. The second-order valence-electron chi connectivity index (χ2n) is 4.65. The summed E-state index contributed by atoms with van der Waals surface area (Å²) < 4.78 is 4.83. The second-order valence-corrected chi connectivity index (χ2v) is 4.65. The van der Waals surface area contributed by atoms with Crippen LogP contribution in [0.2, 0.25) is 0 Å². The van der Waals surface area contributed by atoms with Crippen LogP contribution in [-0.2, 0) is 4.74 Å². The Labute approximate surface area is 128 Å². The Balaban J connectivity index is 2.21. The lowest BCUT2D eigenvalue weighted by Crippen LogP contribution is -2.19. The van der Waals surface area contributed by atoms with E-state index in [1.165, 1.54) is 0 Å². The molecule has 2 amide bonds. The number of aromatic nitrogens is 2. The van der Waals surface area contributed by atoms with Gasteiger partial charge in [0.2, 0.25) is 0 Å². The van der Waals surface area contributed by atoms with E-state index in [4.69, 9.17) is 4.74 Å². The van der Waals surface area contributed by atoms with Crippen LogP contribution in [0.15, 0.2) is 24.3 Å². The fourth-order valence-corrected chi connectivity index (χ4v) is 1.98. The number of aryl methyl sites for hydroxylation is 2. The number of nitrogens with one attached hydrogen (secondary N) is 3. The molecule has 3 N–H and O–H groups in total. The number of hydrogen-bond acceptors (Lipinski definition) is 4. The first-order valence-corrected chi connectivity index (χ1v) is 6.88. The van der Waals surface area contributed by atoms with Crippen molar-refractivity contribution in [2.45, 2.75) is 20.8 Å². The first-order valence-electron chi connectivity index (χ1n) is 6.88. The Morgan fingerprint density at radius 1 is 1.23 bits per heavy atom. The van der Waals surface area contributed by atoms with Crippen LogP contribution in [0.25, 0.3) is 0 Å². The highest BCUT2D eigenvalue weighted by molar-refractivity contribution is 6.10. The van der Waals surface area contributed by atoms with Crippen molar-refractivity contribution in [3.8, 4) is 0 Å². The number of nitrogens with zero attached hydrogens (tertiary/aromatic N) is 1. The van der Waals surface area contributed by atoms with Gasteiger partial charge in [-0.2, -0.15) is 5.10 Å². The smallest absolute Gasteiger partial charge is 0.411 e. The summed E-state index contributed by atoms with van der Waals surface area (Å²) in [6, 6.07) is 6.72. The fraction of sp³-hybridized carbons (Fsp3) is 0.267. The number of benzene rings is 1. The molecule has 1 aromatic carbocycles. The van der Waals surface area contributed by atoms with Crippen LogP contribution >= 0.6 is 0 Å². The maximum Gasteiger partial charge on any atom is 0.411 e. The number of hydrogen-bond donors (Lipinski definition) is 3. The number of para-hydroxylation sites is 1. The van der Waals surface area contributed by atoms with Crippen LogP contribution in [0.5, 0.6) is 0 Å². The number of rotatable bonds is 4. The Kier molecular flexibility index (Phi) is 4.77. The predicted molar refractivity (Wildman–Crippen MR) is 83.1 cm³/mol. The molecule has 1 heterocycles. The molecule has 2 rings (SSSR count). The molecular formula is C15H18N4O3. The molecule has 7 heteroatoms. The molecule has 0 spiro atoms. The first kappa shape index (κ1) is 15.6. The van der Waals surface area contributed by atoms with E-state index in [-0.39, 0.29) is 12.5 Å². The molecule has 7 nitrogen and oxygen atoms in total. The number of carbonyl (C=O) groups excluding carboxylic acids is 2. The van der Waals surface area contributed by atoms with Crippen LogP contribution in [-0.4, -0.2) is 28.8 Å². The first-order chi connectivity index (χ1) is 10.5. The lowest BCUT2D eigenvalue weighted by molar-refractivity contribution is 0.102. The Morgan fingerprint density at radius 3 is 2.59 bits per heavy atom. The normalized spacial score (nSPS) is 10.1. The zero-order chi connectivity index (χ0) is 16.1. The lowest BCUT2D eigenvalue weighted by atomic mass is 10.1.